The molecule has 2 atom stereocenters. The Morgan fingerprint density at radius 1 is 1.11 bits per heavy atom. The summed E-state index contributed by atoms with van der Waals surface area (Å²) in [4.78, 5) is 2.17. The lowest BCUT2D eigenvalue weighted by Crippen LogP contribution is -2.38. The average Bonchev–Trinajstić information content (AvgIpc) is 2.62. The molecule has 2 aromatic rings. The van der Waals surface area contributed by atoms with E-state index in [4.69, 9.17) is 4.55 Å². The molecule has 1 heterocycles. The summed E-state index contributed by atoms with van der Waals surface area (Å²) in [6.45, 7) is 4.00. The Bertz CT molecular complexity index is 822. The fourth-order valence-corrected chi connectivity index (χ4v) is 3.74. The van der Waals surface area contributed by atoms with Gasteiger partial charge in [0.25, 0.3) is 10.1 Å². The number of rotatable bonds is 3. The number of piperidine rings is 1. The highest BCUT2D eigenvalue weighted by Crippen LogP contribution is 2.32. The second-order valence-electron chi connectivity index (χ2n) is 6.94. The third kappa shape index (κ3) is 6.39. The highest BCUT2D eigenvalue weighted by Gasteiger charge is 2.28. The second kappa shape index (κ2) is 9.41. The minimum atomic E-state index is -4.02. The van der Waals surface area contributed by atoms with Gasteiger partial charge in [-0.2, -0.15) is 8.42 Å². The number of hydrogen-bond donors (Lipinski definition) is 2. The summed E-state index contributed by atoms with van der Waals surface area (Å²) in [5, 5.41) is 9.39. The quantitative estimate of drug-likeness (QED) is 0.781. The first-order valence-corrected chi connectivity index (χ1v) is 10.2. The predicted octanol–water partition coefficient (Wildman–Crippen LogP) is 3.10. The Balaban J connectivity index is 0.000000208. The van der Waals surface area contributed by atoms with Gasteiger partial charge >= 0.3 is 0 Å². The number of halogens is 1. The lowest BCUT2D eigenvalue weighted by atomic mass is 9.81. The Labute approximate surface area is 160 Å². The molecule has 27 heavy (non-hydrogen) atoms. The van der Waals surface area contributed by atoms with Crippen LogP contribution in [0.4, 0.5) is 4.39 Å². The molecule has 148 valence electrons. The Morgan fingerprint density at radius 2 is 1.70 bits per heavy atom. The third-order valence-corrected chi connectivity index (χ3v) is 5.66. The summed E-state index contributed by atoms with van der Waals surface area (Å²) in [5.41, 5.74) is 2.10. The molecular formula is C20H26FNO4S. The van der Waals surface area contributed by atoms with Crippen molar-refractivity contribution < 1.29 is 22.5 Å². The van der Waals surface area contributed by atoms with Gasteiger partial charge in [0.15, 0.2) is 0 Å². The monoisotopic (exact) mass is 395 g/mol. The molecule has 0 radical (unpaired) electrons. The van der Waals surface area contributed by atoms with Gasteiger partial charge in [-0.15, -0.1) is 0 Å². The zero-order chi connectivity index (χ0) is 20.0. The van der Waals surface area contributed by atoms with Gasteiger partial charge in [-0.25, -0.2) is 4.39 Å². The number of nitrogens with zero attached hydrogens (tertiary/aromatic N) is 1. The van der Waals surface area contributed by atoms with Gasteiger partial charge in [0.2, 0.25) is 0 Å². The van der Waals surface area contributed by atoms with Crippen molar-refractivity contribution in [3.05, 3.63) is 65.5 Å². The van der Waals surface area contributed by atoms with Crippen LogP contribution >= 0.6 is 0 Å². The molecule has 0 saturated carbocycles. The van der Waals surface area contributed by atoms with Crippen LogP contribution in [0.25, 0.3) is 0 Å². The average molecular weight is 395 g/mol. The van der Waals surface area contributed by atoms with Gasteiger partial charge in [-0.3, -0.25) is 4.55 Å². The van der Waals surface area contributed by atoms with Crippen molar-refractivity contribution in [2.45, 2.75) is 24.2 Å². The molecule has 1 aliphatic rings. The summed E-state index contributed by atoms with van der Waals surface area (Å²) < 4.78 is 42.4. The minimum Gasteiger partial charge on any atom is -0.396 e. The normalized spacial score (nSPS) is 20.6. The fourth-order valence-electron chi connectivity index (χ4n) is 3.26. The number of aryl methyl sites for hydroxylation is 1. The van der Waals surface area contributed by atoms with Gasteiger partial charge in [-0.05, 0) is 62.7 Å². The van der Waals surface area contributed by atoms with Crippen molar-refractivity contribution in [2.24, 2.45) is 5.92 Å². The van der Waals surface area contributed by atoms with Gasteiger partial charge in [0.1, 0.15) is 5.82 Å². The van der Waals surface area contributed by atoms with Crippen molar-refractivity contribution in [1.29, 1.82) is 0 Å². The van der Waals surface area contributed by atoms with Gasteiger partial charge < -0.3 is 10.0 Å². The molecule has 0 spiro atoms. The maximum Gasteiger partial charge on any atom is 0.294 e. The largest absolute Gasteiger partial charge is 0.396 e. The number of aliphatic hydroxyl groups is 1. The molecule has 1 saturated heterocycles. The van der Waals surface area contributed by atoms with Crippen LogP contribution in [0.3, 0.4) is 0 Å². The molecule has 1 aliphatic heterocycles. The molecule has 0 aromatic heterocycles. The smallest absolute Gasteiger partial charge is 0.294 e. The molecule has 3 rings (SSSR count). The van der Waals surface area contributed by atoms with E-state index in [2.05, 4.69) is 11.9 Å². The molecule has 0 amide bonds. The van der Waals surface area contributed by atoms with Gasteiger partial charge in [0, 0.05) is 19.1 Å². The zero-order valence-electron chi connectivity index (χ0n) is 15.5. The molecule has 0 bridgehead atoms. The molecule has 5 nitrogen and oxygen atoms in total. The van der Waals surface area contributed by atoms with Crippen molar-refractivity contribution in [1.82, 2.24) is 4.90 Å². The standard InChI is InChI=1S/C13H18FNO.C7H8O3S/c1-15-7-6-13(11(8-15)9-16)10-2-4-12(14)5-3-10;1-6-2-4-7(5-3-6)11(8,9)10/h2-5,11,13,16H,6-9H2,1H3;2-5H,1H3,(H,8,9,10)/t11-,13-;/m0./s1. The molecule has 2 aromatic carbocycles. The first-order valence-electron chi connectivity index (χ1n) is 8.79. The van der Waals surface area contributed by atoms with E-state index >= 15 is 0 Å². The van der Waals surface area contributed by atoms with Crippen molar-refractivity contribution >= 4 is 10.1 Å². The minimum absolute atomic E-state index is 0.0666. The summed E-state index contributed by atoms with van der Waals surface area (Å²) in [5.74, 6) is 0.434. The molecule has 1 fully saturated rings. The Hall–Kier alpha value is -1.80. The predicted molar refractivity (Wildman–Crippen MR) is 103 cm³/mol. The summed E-state index contributed by atoms with van der Waals surface area (Å²) >= 11 is 0. The first kappa shape index (κ1) is 21.5. The Morgan fingerprint density at radius 3 is 2.22 bits per heavy atom. The molecule has 7 heteroatoms. The van der Waals surface area contributed by atoms with Crippen molar-refractivity contribution in [2.75, 3.05) is 26.7 Å². The lowest BCUT2D eigenvalue weighted by molar-refractivity contribution is 0.118. The topological polar surface area (TPSA) is 77.8 Å². The van der Waals surface area contributed by atoms with E-state index in [1.807, 2.05) is 19.1 Å². The van der Waals surface area contributed by atoms with E-state index < -0.39 is 10.1 Å². The van der Waals surface area contributed by atoms with Crippen LogP contribution in [-0.2, 0) is 10.1 Å². The van der Waals surface area contributed by atoms with Crippen LogP contribution in [0.15, 0.2) is 53.4 Å². The van der Waals surface area contributed by atoms with Crippen LogP contribution in [-0.4, -0.2) is 49.7 Å². The van der Waals surface area contributed by atoms with Crippen molar-refractivity contribution in [3.8, 4) is 0 Å². The SMILES string of the molecule is CN1CC[C@@H](c2ccc(F)cc2)[C@H](CO)C1.Cc1ccc(S(=O)(=O)O)cc1. The van der Waals surface area contributed by atoms with E-state index in [0.29, 0.717) is 5.92 Å². The van der Waals surface area contributed by atoms with E-state index in [9.17, 15) is 17.9 Å². The van der Waals surface area contributed by atoms with Gasteiger partial charge in [0.05, 0.1) is 4.90 Å². The van der Waals surface area contributed by atoms with Crippen LogP contribution < -0.4 is 0 Å². The summed E-state index contributed by atoms with van der Waals surface area (Å²) in [7, 11) is -1.95. The van der Waals surface area contributed by atoms with Crippen LogP contribution in [0, 0.1) is 18.7 Å². The molecule has 2 N–H and O–H groups in total. The number of aliphatic hydroxyl groups excluding tert-OH is 1. The summed E-state index contributed by atoms with van der Waals surface area (Å²) in [6, 6.07) is 12.7. The zero-order valence-corrected chi connectivity index (χ0v) is 16.4. The van der Waals surface area contributed by atoms with Crippen molar-refractivity contribution in [3.63, 3.8) is 0 Å². The highest BCUT2D eigenvalue weighted by molar-refractivity contribution is 7.85. The van der Waals surface area contributed by atoms with Crippen LogP contribution in [0.2, 0.25) is 0 Å². The number of benzene rings is 2. The van der Waals surface area contributed by atoms with E-state index in [1.54, 1.807) is 12.1 Å². The van der Waals surface area contributed by atoms with E-state index in [0.717, 1.165) is 30.6 Å². The maximum atomic E-state index is 12.8. The number of likely N-dealkylation sites (tertiary alicyclic amines) is 1. The molecule has 0 aliphatic carbocycles. The molecular weight excluding hydrogens is 369 g/mol. The first-order chi connectivity index (χ1) is 12.7. The molecule has 0 unspecified atom stereocenters. The maximum absolute atomic E-state index is 12.8. The third-order valence-electron chi connectivity index (χ3n) is 4.79. The van der Waals surface area contributed by atoms with E-state index in [-0.39, 0.29) is 23.2 Å². The Kier molecular flexibility index (Phi) is 7.49. The van der Waals surface area contributed by atoms with Crippen LogP contribution in [0.5, 0.6) is 0 Å². The van der Waals surface area contributed by atoms with Crippen LogP contribution in [0.1, 0.15) is 23.5 Å². The second-order valence-corrected chi connectivity index (χ2v) is 8.36. The number of hydrogen-bond acceptors (Lipinski definition) is 4. The lowest BCUT2D eigenvalue weighted by Gasteiger charge is -2.36. The highest BCUT2D eigenvalue weighted by atomic mass is 32.2. The fraction of sp³-hybridized carbons (Fsp3) is 0.400. The van der Waals surface area contributed by atoms with E-state index in [1.165, 1.54) is 24.3 Å². The van der Waals surface area contributed by atoms with Gasteiger partial charge in [-0.1, -0.05) is 29.8 Å². The summed E-state index contributed by atoms with van der Waals surface area (Å²) in [6.07, 6.45) is 1.04.